The van der Waals surface area contributed by atoms with Crippen LogP contribution >= 0.6 is 0 Å². The molecule has 0 aromatic heterocycles. The zero-order chi connectivity index (χ0) is 26.6. The van der Waals surface area contributed by atoms with E-state index >= 15 is 0 Å². The number of methoxy groups -OCH3 is 1. The zero-order valence-electron chi connectivity index (χ0n) is 21.5. The highest BCUT2D eigenvalue weighted by Gasteiger charge is 2.34. The van der Waals surface area contributed by atoms with E-state index in [0.29, 0.717) is 22.7 Å². The first kappa shape index (κ1) is 24.9. The number of anilines is 3. The Hall–Kier alpha value is -4.78. The van der Waals surface area contributed by atoms with Crippen molar-refractivity contribution in [2.24, 2.45) is 0 Å². The lowest BCUT2D eigenvalue weighted by atomic mass is 10.0. The number of rotatable bonds is 7. The summed E-state index contributed by atoms with van der Waals surface area (Å²) in [6, 6.07) is 28.5. The lowest BCUT2D eigenvalue weighted by Crippen LogP contribution is -2.43. The highest BCUT2D eigenvalue weighted by molar-refractivity contribution is 6.12. The minimum atomic E-state index is -0.429. The molecule has 0 radical (unpaired) electrons. The van der Waals surface area contributed by atoms with Crippen LogP contribution in [0, 0.1) is 6.92 Å². The smallest absolute Gasteiger partial charge is 0.262 e. The molecule has 0 saturated heterocycles. The molecule has 7 heteroatoms. The van der Waals surface area contributed by atoms with Crippen LogP contribution in [0.3, 0.4) is 0 Å². The molecule has 1 atom stereocenters. The Bertz CT molecular complexity index is 1470. The van der Waals surface area contributed by atoms with Gasteiger partial charge in [-0.2, -0.15) is 0 Å². The molecule has 0 fully saturated rings. The van der Waals surface area contributed by atoms with Crippen LogP contribution < -0.4 is 25.0 Å². The number of amides is 2. The molecular weight excluding hydrogens is 478 g/mol. The number of fused-ring (bicyclic) bond motifs is 1. The summed E-state index contributed by atoms with van der Waals surface area (Å²) in [5.41, 5.74) is 5.79. The van der Waals surface area contributed by atoms with Crippen molar-refractivity contribution in [1.82, 2.24) is 0 Å². The van der Waals surface area contributed by atoms with Crippen LogP contribution in [0.25, 0.3) is 0 Å². The van der Waals surface area contributed by atoms with Crippen molar-refractivity contribution in [1.29, 1.82) is 0 Å². The largest absolute Gasteiger partial charge is 0.496 e. The van der Waals surface area contributed by atoms with Gasteiger partial charge in [-0.25, -0.2) is 0 Å². The molecule has 192 valence electrons. The Balaban J connectivity index is 1.46. The molecule has 1 aliphatic rings. The third kappa shape index (κ3) is 5.18. The Kier molecular flexibility index (Phi) is 7.00. The molecule has 1 heterocycles. The fourth-order valence-electron chi connectivity index (χ4n) is 4.54. The standard InChI is InChI=1S/C31H29N3O4/c1-20-8-13-25(14-9-20)34-30(33-28-7-5-4-6-27(28)31(34)36)22-10-17-29(37-3)23(18-22)19-38-26-15-11-24(12-16-26)32-21(2)35/h4-18,30,33H,19H2,1-3H3,(H,32,35). The molecule has 0 spiro atoms. The number of ether oxygens (including phenoxy) is 2. The Morgan fingerprint density at radius 3 is 2.42 bits per heavy atom. The summed E-state index contributed by atoms with van der Waals surface area (Å²) in [5.74, 6) is 1.15. The summed E-state index contributed by atoms with van der Waals surface area (Å²) in [5, 5.41) is 6.30. The van der Waals surface area contributed by atoms with Gasteiger partial charge < -0.3 is 20.1 Å². The average Bonchev–Trinajstić information content (AvgIpc) is 2.93. The van der Waals surface area contributed by atoms with Gasteiger partial charge in [-0.15, -0.1) is 0 Å². The van der Waals surface area contributed by atoms with Gasteiger partial charge in [0.15, 0.2) is 0 Å². The van der Waals surface area contributed by atoms with Crippen LogP contribution in [0.5, 0.6) is 11.5 Å². The SMILES string of the molecule is COc1ccc(C2Nc3ccccc3C(=O)N2c2ccc(C)cc2)cc1COc1ccc(NC(C)=O)cc1. The maximum atomic E-state index is 13.7. The number of hydrogen-bond donors (Lipinski definition) is 2. The molecule has 2 N–H and O–H groups in total. The van der Waals surface area contributed by atoms with Crippen molar-refractivity contribution < 1.29 is 19.1 Å². The molecule has 2 amide bonds. The van der Waals surface area contributed by atoms with Gasteiger partial charge in [0.2, 0.25) is 5.91 Å². The van der Waals surface area contributed by atoms with Gasteiger partial charge in [0.1, 0.15) is 24.3 Å². The molecule has 7 nitrogen and oxygen atoms in total. The monoisotopic (exact) mass is 507 g/mol. The second-order valence-electron chi connectivity index (χ2n) is 9.17. The number of benzene rings is 4. The minimum Gasteiger partial charge on any atom is -0.496 e. The van der Waals surface area contributed by atoms with E-state index < -0.39 is 6.17 Å². The number of carbonyl (C=O) groups excluding carboxylic acids is 2. The summed E-state index contributed by atoms with van der Waals surface area (Å²) >= 11 is 0. The molecule has 0 aliphatic carbocycles. The third-order valence-corrected chi connectivity index (χ3v) is 6.43. The number of nitrogens with zero attached hydrogens (tertiary/aromatic N) is 1. The second kappa shape index (κ2) is 10.7. The maximum absolute atomic E-state index is 13.7. The van der Waals surface area contributed by atoms with Gasteiger partial charge in [0.25, 0.3) is 5.91 Å². The second-order valence-corrected chi connectivity index (χ2v) is 9.17. The number of nitrogens with one attached hydrogen (secondary N) is 2. The van der Waals surface area contributed by atoms with Gasteiger partial charge >= 0.3 is 0 Å². The van der Waals surface area contributed by atoms with Crippen LogP contribution in [0.1, 0.15) is 40.1 Å². The topological polar surface area (TPSA) is 79.9 Å². The molecule has 4 aromatic rings. The van der Waals surface area contributed by atoms with Crippen LogP contribution in [-0.4, -0.2) is 18.9 Å². The molecule has 5 rings (SSSR count). The Labute approximate surface area is 222 Å². The summed E-state index contributed by atoms with van der Waals surface area (Å²) in [4.78, 5) is 26.8. The molecule has 1 aliphatic heterocycles. The first-order chi connectivity index (χ1) is 18.4. The van der Waals surface area contributed by atoms with Crippen LogP contribution in [0.4, 0.5) is 17.1 Å². The van der Waals surface area contributed by atoms with E-state index in [4.69, 9.17) is 9.47 Å². The van der Waals surface area contributed by atoms with Gasteiger partial charge in [-0.05, 0) is 73.2 Å². The van der Waals surface area contributed by atoms with E-state index in [9.17, 15) is 9.59 Å². The normalized spacial score (nSPS) is 14.3. The fraction of sp³-hybridized carbons (Fsp3) is 0.161. The average molecular weight is 508 g/mol. The molecule has 4 aromatic carbocycles. The van der Waals surface area contributed by atoms with Crippen molar-refractivity contribution in [2.75, 3.05) is 22.6 Å². The van der Waals surface area contributed by atoms with Crippen LogP contribution in [0.2, 0.25) is 0 Å². The third-order valence-electron chi connectivity index (χ3n) is 6.43. The van der Waals surface area contributed by atoms with Gasteiger partial charge in [-0.1, -0.05) is 35.9 Å². The van der Waals surface area contributed by atoms with E-state index in [2.05, 4.69) is 10.6 Å². The Morgan fingerprint density at radius 1 is 0.974 bits per heavy atom. The summed E-state index contributed by atoms with van der Waals surface area (Å²) in [7, 11) is 1.62. The predicted octanol–water partition coefficient (Wildman–Crippen LogP) is 6.31. The van der Waals surface area contributed by atoms with Crippen molar-refractivity contribution in [3.63, 3.8) is 0 Å². The lowest BCUT2D eigenvalue weighted by molar-refractivity contribution is -0.114. The summed E-state index contributed by atoms with van der Waals surface area (Å²) in [6.45, 7) is 3.76. The zero-order valence-corrected chi connectivity index (χ0v) is 21.5. The summed E-state index contributed by atoms with van der Waals surface area (Å²) < 4.78 is 11.7. The van der Waals surface area contributed by atoms with E-state index in [0.717, 1.165) is 28.1 Å². The number of hydrogen-bond acceptors (Lipinski definition) is 5. The van der Waals surface area contributed by atoms with E-state index in [1.165, 1.54) is 6.92 Å². The van der Waals surface area contributed by atoms with Crippen molar-refractivity contribution in [2.45, 2.75) is 26.6 Å². The molecule has 0 bridgehead atoms. The predicted molar refractivity (Wildman–Crippen MR) is 149 cm³/mol. The maximum Gasteiger partial charge on any atom is 0.262 e. The van der Waals surface area contributed by atoms with Crippen LogP contribution in [0.15, 0.2) is 91.0 Å². The molecular formula is C31H29N3O4. The summed E-state index contributed by atoms with van der Waals surface area (Å²) in [6.07, 6.45) is -0.429. The van der Waals surface area contributed by atoms with Crippen LogP contribution in [-0.2, 0) is 11.4 Å². The van der Waals surface area contributed by atoms with Crippen molar-refractivity contribution in [3.05, 3.63) is 113 Å². The van der Waals surface area contributed by atoms with E-state index in [1.54, 1.807) is 36.3 Å². The first-order valence-corrected chi connectivity index (χ1v) is 12.4. The molecule has 38 heavy (non-hydrogen) atoms. The van der Waals surface area contributed by atoms with Crippen molar-refractivity contribution in [3.8, 4) is 11.5 Å². The first-order valence-electron chi connectivity index (χ1n) is 12.4. The lowest BCUT2D eigenvalue weighted by Gasteiger charge is -2.38. The molecule has 0 saturated carbocycles. The minimum absolute atomic E-state index is 0.0684. The highest BCUT2D eigenvalue weighted by Crippen LogP contribution is 2.38. The number of para-hydroxylation sites is 1. The van der Waals surface area contributed by atoms with E-state index in [1.807, 2.05) is 73.7 Å². The number of carbonyl (C=O) groups is 2. The van der Waals surface area contributed by atoms with E-state index in [-0.39, 0.29) is 18.4 Å². The van der Waals surface area contributed by atoms with Crippen molar-refractivity contribution >= 4 is 28.9 Å². The molecule has 1 unspecified atom stereocenters. The van der Waals surface area contributed by atoms with Gasteiger partial charge in [0.05, 0.1) is 12.7 Å². The quantitative estimate of drug-likeness (QED) is 0.306. The fourth-order valence-corrected chi connectivity index (χ4v) is 4.54. The number of aryl methyl sites for hydroxylation is 1. The van der Waals surface area contributed by atoms with Gasteiger partial charge in [-0.3, -0.25) is 14.5 Å². The Morgan fingerprint density at radius 2 is 1.71 bits per heavy atom. The van der Waals surface area contributed by atoms with Gasteiger partial charge in [0, 0.05) is 29.5 Å². The highest BCUT2D eigenvalue weighted by atomic mass is 16.5.